The van der Waals surface area contributed by atoms with Crippen LogP contribution < -0.4 is 25.4 Å². The molecule has 3 rings (SSSR count). The number of benzene rings is 3. The number of methoxy groups -OCH3 is 2. The van der Waals surface area contributed by atoms with Gasteiger partial charge in [0.2, 0.25) is 0 Å². The van der Waals surface area contributed by atoms with E-state index in [1.165, 1.54) is 0 Å². The number of aromatic hydroxyl groups is 1. The molecule has 0 saturated heterocycles. The van der Waals surface area contributed by atoms with Gasteiger partial charge in [0.1, 0.15) is 17.2 Å². The second-order valence-corrected chi connectivity index (χ2v) is 14.0. The standard InChI is InChI=1S/C30H37Cl2O5P/c1-29(2,3)21-13-19(31)15-25(27(21)36-17-34-7)38(24-12-10-9-11-23(24)33)26-16-20(32)14-22(30(4,5)6)28(26)37-18-35-8/h9-16,33H,17-18H2,1-8H3. The Balaban J connectivity index is 2.52. The van der Waals surface area contributed by atoms with Crippen LogP contribution in [0, 0.1) is 0 Å². The van der Waals surface area contributed by atoms with Crippen molar-refractivity contribution in [2.24, 2.45) is 0 Å². The molecule has 38 heavy (non-hydrogen) atoms. The van der Waals surface area contributed by atoms with Crippen molar-refractivity contribution in [3.8, 4) is 17.2 Å². The maximum Gasteiger partial charge on any atom is 0.188 e. The minimum Gasteiger partial charge on any atom is -0.507 e. The number of phenols is 1. The van der Waals surface area contributed by atoms with Crippen LogP contribution in [0.1, 0.15) is 52.7 Å². The summed E-state index contributed by atoms with van der Waals surface area (Å²) in [4.78, 5) is 0. The molecule has 0 aromatic heterocycles. The normalized spacial score (nSPS) is 12.2. The Bertz CT molecular complexity index is 1190. The summed E-state index contributed by atoms with van der Waals surface area (Å²) in [5.41, 5.74) is 1.28. The topological polar surface area (TPSA) is 57.2 Å². The molecule has 0 spiro atoms. The zero-order chi connectivity index (χ0) is 28.3. The smallest absolute Gasteiger partial charge is 0.188 e. The van der Waals surface area contributed by atoms with Gasteiger partial charge >= 0.3 is 0 Å². The molecule has 8 heteroatoms. The summed E-state index contributed by atoms with van der Waals surface area (Å²) >= 11 is 13.5. The Labute approximate surface area is 237 Å². The highest BCUT2D eigenvalue weighted by atomic mass is 35.5. The van der Waals surface area contributed by atoms with Gasteiger partial charge in [0.25, 0.3) is 0 Å². The van der Waals surface area contributed by atoms with Gasteiger partial charge in [-0.3, -0.25) is 0 Å². The average molecular weight is 580 g/mol. The molecule has 0 unspecified atom stereocenters. The lowest BCUT2D eigenvalue weighted by atomic mass is 9.86. The van der Waals surface area contributed by atoms with Gasteiger partial charge in [-0.1, -0.05) is 82.9 Å². The minimum absolute atomic E-state index is 0.0531. The molecule has 0 saturated carbocycles. The molecule has 0 aliphatic rings. The summed E-state index contributed by atoms with van der Waals surface area (Å²) in [7, 11) is 1.69. The number of para-hydroxylation sites is 1. The van der Waals surface area contributed by atoms with E-state index < -0.39 is 7.92 Å². The van der Waals surface area contributed by atoms with Crippen LogP contribution in [-0.4, -0.2) is 32.9 Å². The van der Waals surface area contributed by atoms with E-state index >= 15 is 0 Å². The molecular weight excluding hydrogens is 542 g/mol. The van der Waals surface area contributed by atoms with Gasteiger partial charge in [-0.25, -0.2) is 0 Å². The van der Waals surface area contributed by atoms with Gasteiger partial charge in [0.05, 0.1) is 0 Å². The summed E-state index contributed by atoms with van der Waals surface area (Å²) in [5.74, 6) is 1.48. The van der Waals surface area contributed by atoms with Crippen LogP contribution in [0.25, 0.3) is 0 Å². The van der Waals surface area contributed by atoms with Gasteiger partial charge in [-0.05, 0) is 49.1 Å². The van der Waals surface area contributed by atoms with Crippen LogP contribution in [0.3, 0.4) is 0 Å². The Hall–Kier alpha value is -2.01. The van der Waals surface area contributed by atoms with E-state index in [1.807, 2.05) is 36.4 Å². The summed E-state index contributed by atoms with van der Waals surface area (Å²) in [6, 6.07) is 14.9. The molecule has 0 bridgehead atoms. The maximum atomic E-state index is 11.2. The first-order chi connectivity index (χ1) is 17.8. The van der Waals surface area contributed by atoms with Crippen LogP contribution in [0.5, 0.6) is 17.2 Å². The van der Waals surface area contributed by atoms with Crippen molar-refractivity contribution in [3.05, 3.63) is 69.7 Å². The minimum atomic E-state index is -1.48. The van der Waals surface area contributed by atoms with E-state index in [4.69, 9.17) is 42.1 Å². The zero-order valence-electron chi connectivity index (χ0n) is 23.3. The van der Waals surface area contributed by atoms with E-state index in [2.05, 4.69) is 41.5 Å². The van der Waals surface area contributed by atoms with Gasteiger partial charge < -0.3 is 24.1 Å². The number of halogens is 2. The molecule has 0 radical (unpaired) electrons. The SMILES string of the molecule is COCOc1c(P(c2ccccc2O)c2cc(Cl)cc(C(C)(C)C)c2OCOC)cc(Cl)cc1C(C)(C)C. The van der Waals surface area contributed by atoms with Gasteiger partial charge in [-0.15, -0.1) is 0 Å². The Morgan fingerprint density at radius 3 is 1.47 bits per heavy atom. The molecule has 206 valence electrons. The fourth-order valence-electron chi connectivity index (χ4n) is 4.19. The maximum absolute atomic E-state index is 11.2. The van der Waals surface area contributed by atoms with Gasteiger partial charge in [-0.2, -0.15) is 0 Å². The Kier molecular flexibility index (Phi) is 10.00. The predicted molar refractivity (Wildman–Crippen MR) is 159 cm³/mol. The molecule has 0 atom stereocenters. The number of rotatable bonds is 9. The molecule has 0 amide bonds. The van der Waals surface area contributed by atoms with Gasteiger partial charge in [0, 0.05) is 51.3 Å². The van der Waals surface area contributed by atoms with E-state index in [9.17, 15) is 5.11 Å². The number of hydrogen-bond donors (Lipinski definition) is 1. The molecule has 0 aliphatic carbocycles. The lowest BCUT2D eigenvalue weighted by Gasteiger charge is -2.31. The highest BCUT2D eigenvalue weighted by molar-refractivity contribution is 7.80. The first kappa shape index (κ1) is 30.5. The summed E-state index contributed by atoms with van der Waals surface area (Å²) in [6.45, 7) is 12.7. The number of hydrogen-bond acceptors (Lipinski definition) is 5. The number of phenolic OH excluding ortho intramolecular Hbond substituents is 1. The van der Waals surface area contributed by atoms with Crippen molar-refractivity contribution in [1.29, 1.82) is 0 Å². The van der Waals surface area contributed by atoms with E-state index in [0.29, 0.717) is 21.5 Å². The highest BCUT2D eigenvalue weighted by Crippen LogP contribution is 2.48. The summed E-state index contributed by atoms with van der Waals surface area (Å²) < 4.78 is 23.2. The van der Waals surface area contributed by atoms with Crippen molar-refractivity contribution in [2.75, 3.05) is 27.8 Å². The van der Waals surface area contributed by atoms with Crippen LogP contribution >= 0.6 is 31.1 Å². The fraction of sp³-hybridized carbons (Fsp3) is 0.400. The third kappa shape index (κ3) is 6.94. The van der Waals surface area contributed by atoms with Crippen LogP contribution in [-0.2, 0) is 20.3 Å². The monoisotopic (exact) mass is 578 g/mol. The summed E-state index contributed by atoms with van der Waals surface area (Å²) in [5, 5.41) is 14.6. The van der Waals surface area contributed by atoms with E-state index in [1.54, 1.807) is 26.4 Å². The molecule has 0 heterocycles. The van der Waals surface area contributed by atoms with Crippen molar-refractivity contribution in [1.82, 2.24) is 0 Å². The predicted octanol–water partition coefficient (Wildman–Crippen LogP) is 7.02. The lowest BCUT2D eigenvalue weighted by Crippen LogP contribution is -2.29. The molecule has 3 aromatic carbocycles. The van der Waals surface area contributed by atoms with Crippen molar-refractivity contribution < 1.29 is 24.1 Å². The fourth-order valence-corrected chi connectivity index (χ4v) is 7.41. The quantitative estimate of drug-likeness (QED) is 0.218. The van der Waals surface area contributed by atoms with Crippen LogP contribution in [0.15, 0.2) is 48.5 Å². The summed E-state index contributed by atoms with van der Waals surface area (Å²) in [6.07, 6.45) is 0. The highest BCUT2D eigenvalue weighted by Gasteiger charge is 2.33. The molecular formula is C30H37Cl2O5P. The van der Waals surface area contributed by atoms with Crippen molar-refractivity contribution in [2.45, 2.75) is 52.4 Å². The molecule has 1 N–H and O–H groups in total. The third-order valence-electron chi connectivity index (χ3n) is 5.93. The molecule has 0 fully saturated rings. The molecule has 0 aliphatic heterocycles. The first-order valence-corrected chi connectivity index (χ1v) is 14.4. The Morgan fingerprint density at radius 1 is 0.684 bits per heavy atom. The largest absolute Gasteiger partial charge is 0.507 e. The second kappa shape index (κ2) is 12.4. The second-order valence-electron chi connectivity index (χ2n) is 11.0. The van der Waals surface area contributed by atoms with Crippen molar-refractivity contribution in [3.63, 3.8) is 0 Å². The molecule has 5 nitrogen and oxygen atoms in total. The first-order valence-electron chi connectivity index (χ1n) is 12.3. The number of ether oxygens (including phenoxy) is 4. The van der Waals surface area contributed by atoms with E-state index in [-0.39, 0.29) is 30.2 Å². The third-order valence-corrected chi connectivity index (χ3v) is 8.86. The van der Waals surface area contributed by atoms with Crippen LogP contribution in [0.4, 0.5) is 0 Å². The zero-order valence-corrected chi connectivity index (χ0v) is 25.7. The van der Waals surface area contributed by atoms with Crippen molar-refractivity contribution >= 4 is 47.0 Å². The van der Waals surface area contributed by atoms with Gasteiger partial charge in [0.15, 0.2) is 13.6 Å². The van der Waals surface area contributed by atoms with Crippen LogP contribution in [0.2, 0.25) is 10.0 Å². The Morgan fingerprint density at radius 2 is 1.11 bits per heavy atom. The van der Waals surface area contributed by atoms with E-state index in [0.717, 1.165) is 27.0 Å². The average Bonchev–Trinajstić information content (AvgIpc) is 2.82. The molecule has 3 aromatic rings. The lowest BCUT2D eigenvalue weighted by molar-refractivity contribution is 0.0506.